The summed E-state index contributed by atoms with van der Waals surface area (Å²) in [5.74, 6) is 5.96. The molecule has 0 fully saturated rings. The first kappa shape index (κ1) is 16.0. The Morgan fingerprint density at radius 2 is 1.37 bits per heavy atom. The molecule has 0 aliphatic rings. The van der Waals surface area contributed by atoms with Crippen molar-refractivity contribution in [1.29, 1.82) is 0 Å². The second kappa shape index (κ2) is 5.14. The van der Waals surface area contributed by atoms with Crippen LogP contribution in [0.2, 0.25) is 0 Å². The molecule has 0 spiro atoms. The first-order chi connectivity index (χ1) is 8.48. The van der Waals surface area contributed by atoms with Crippen LogP contribution in [-0.2, 0) is 10.8 Å². The Kier molecular flexibility index (Phi) is 4.33. The average molecular weight is 264 g/mol. The van der Waals surface area contributed by atoms with E-state index >= 15 is 0 Å². The minimum atomic E-state index is -0.103. The molecule has 1 aromatic carbocycles. The summed E-state index contributed by atoms with van der Waals surface area (Å²) in [6.07, 6.45) is 0. The van der Waals surface area contributed by atoms with Gasteiger partial charge in [0.15, 0.2) is 0 Å². The highest BCUT2D eigenvalue weighted by Gasteiger charge is 2.27. The molecular formula is C16H28N2O. The highest BCUT2D eigenvalue weighted by molar-refractivity contribution is 5.50. The minimum absolute atomic E-state index is 0.0581. The molecule has 0 aromatic heterocycles. The normalized spacial score (nSPS) is 14.5. The van der Waals surface area contributed by atoms with Crippen molar-refractivity contribution in [1.82, 2.24) is 5.43 Å². The van der Waals surface area contributed by atoms with Gasteiger partial charge in [-0.1, -0.05) is 41.5 Å². The predicted molar refractivity (Wildman–Crippen MR) is 81.2 cm³/mol. The molecule has 0 radical (unpaired) electrons. The van der Waals surface area contributed by atoms with E-state index in [1.165, 1.54) is 0 Å². The zero-order valence-corrected chi connectivity index (χ0v) is 13.3. The summed E-state index contributed by atoms with van der Waals surface area (Å²) >= 11 is 0. The molecule has 0 aliphatic carbocycles. The van der Waals surface area contributed by atoms with Crippen molar-refractivity contribution in [3.8, 4) is 5.75 Å². The number of aromatic hydroxyl groups is 1. The van der Waals surface area contributed by atoms with Crippen LogP contribution < -0.4 is 11.3 Å². The van der Waals surface area contributed by atoms with Crippen molar-refractivity contribution in [2.24, 2.45) is 5.84 Å². The quantitative estimate of drug-likeness (QED) is 0.566. The van der Waals surface area contributed by atoms with Gasteiger partial charge in [0.1, 0.15) is 5.75 Å². The van der Waals surface area contributed by atoms with Gasteiger partial charge in [-0.05, 0) is 46.6 Å². The highest BCUT2D eigenvalue weighted by Crippen LogP contribution is 2.40. The number of hydrogen-bond acceptors (Lipinski definition) is 3. The zero-order chi connectivity index (χ0) is 15.0. The summed E-state index contributed by atoms with van der Waals surface area (Å²) in [6, 6.07) is 4.16. The predicted octanol–water partition coefficient (Wildman–Crippen LogP) is 3.51. The Morgan fingerprint density at radius 1 is 1.00 bits per heavy atom. The van der Waals surface area contributed by atoms with Gasteiger partial charge in [0.05, 0.1) is 0 Å². The van der Waals surface area contributed by atoms with Gasteiger partial charge in [0, 0.05) is 6.04 Å². The van der Waals surface area contributed by atoms with Crippen molar-refractivity contribution >= 4 is 0 Å². The highest BCUT2D eigenvalue weighted by atomic mass is 16.3. The smallest absolute Gasteiger partial charge is 0.123 e. The molecule has 4 N–H and O–H groups in total. The Labute approximate surface area is 117 Å². The van der Waals surface area contributed by atoms with E-state index < -0.39 is 0 Å². The van der Waals surface area contributed by atoms with Gasteiger partial charge in [-0.15, -0.1) is 0 Å². The fourth-order valence-corrected chi connectivity index (χ4v) is 2.15. The Balaban J connectivity index is 3.57. The lowest BCUT2D eigenvalue weighted by Crippen LogP contribution is -2.27. The van der Waals surface area contributed by atoms with Crippen LogP contribution in [-0.4, -0.2) is 5.11 Å². The van der Waals surface area contributed by atoms with Crippen molar-refractivity contribution in [3.05, 3.63) is 28.8 Å². The molecule has 0 saturated heterocycles. The Bertz CT molecular complexity index is 418. The summed E-state index contributed by atoms with van der Waals surface area (Å²) in [7, 11) is 0. The Morgan fingerprint density at radius 3 is 1.63 bits per heavy atom. The van der Waals surface area contributed by atoms with Crippen molar-refractivity contribution in [3.63, 3.8) is 0 Å². The summed E-state index contributed by atoms with van der Waals surface area (Å²) in [4.78, 5) is 0. The molecule has 3 heteroatoms. The van der Waals surface area contributed by atoms with E-state index in [0.717, 1.165) is 16.7 Å². The number of phenolic OH excluding ortho intramolecular Hbond substituents is 1. The molecule has 0 heterocycles. The first-order valence-electron chi connectivity index (χ1n) is 6.82. The van der Waals surface area contributed by atoms with Crippen LogP contribution in [0.3, 0.4) is 0 Å². The van der Waals surface area contributed by atoms with Gasteiger partial charge in [0.25, 0.3) is 0 Å². The van der Waals surface area contributed by atoms with Crippen molar-refractivity contribution < 1.29 is 5.11 Å². The van der Waals surface area contributed by atoms with Crippen LogP contribution in [0.4, 0.5) is 0 Å². The topological polar surface area (TPSA) is 58.3 Å². The number of nitrogens with one attached hydrogen (secondary N) is 1. The largest absolute Gasteiger partial charge is 0.507 e. The number of rotatable bonds is 2. The third-order valence-corrected chi connectivity index (χ3v) is 3.50. The van der Waals surface area contributed by atoms with Crippen LogP contribution in [0.5, 0.6) is 5.75 Å². The lowest BCUT2D eigenvalue weighted by molar-refractivity contribution is 0.421. The third kappa shape index (κ3) is 3.48. The van der Waals surface area contributed by atoms with Crippen LogP contribution in [0.15, 0.2) is 12.1 Å². The van der Waals surface area contributed by atoms with Crippen molar-refractivity contribution in [2.45, 2.75) is 65.3 Å². The molecule has 3 nitrogen and oxygen atoms in total. The van der Waals surface area contributed by atoms with Gasteiger partial charge >= 0.3 is 0 Å². The molecule has 1 rings (SSSR count). The molecule has 108 valence electrons. The molecular weight excluding hydrogens is 236 g/mol. The molecule has 0 bridgehead atoms. The molecule has 0 saturated carbocycles. The van der Waals surface area contributed by atoms with Crippen LogP contribution >= 0.6 is 0 Å². The van der Waals surface area contributed by atoms with E-state index in [0.29, 0.717) is 5.75 Å². The maximum Gasteiger partial charge on any atom is 0.123 e. The van der Waals surface area contributed by atoms with E-state index in [2.05, 4.69) is 59.1 Å². The fraction of sp³-hybridized carbons (Fsp3) is 0.625. The summed E-state index contributed by atoms with van der Waals surface area (Å²) in [6.45, 7) is 14.7. The van der Waals surface area contributed by atoms with E-state index in [-0.39, 0.29) is 16.9 Å². The maximum absolute atomic E-state index is 10.6. The number of benzene rings is 1. The second-order valence-corrected chi connectivity index (χ2v) is 7.35. The van der Waals surface area contributed by atoms with Crippen LogP contribution in [0.1, 0.15) is 71.2 Å². The fourth-order valence-electron chi connectivity index (χ4n) is 2.15. The molecule has 0 aliphatic heterocycles. The minimum Gasteiger partial charge on any atom is -0.507 e. The number of nitrogens with two attached hydrogens (primary N) is 1. The average Bonchev–Trinajstić information content (AvgIpc) is 2.25. The second-order valence-electron chi connectivity index (χ2n) is 7.35. The molecule has 0 amide bonds. The monoisotopic (exact) mass is 264 g/mol. The van der Waals surface area contributed by atoms with E-state index in [1.54, 1.807) is 0 Å². The van der Waals surface area contributed by atoms with Gasteiger partial charge in [-0.2, -0.15) is 0 Å². The lowest BCUT2D eigenvalue weighted by atomic mass is 9.78. The molecule has 1 atom stereocenters. The molecule has 19 heavy (non-hydrogen) atoms. The summed E-state index contributed by atoms with van der Waals surface area (Å²) in [5.41, 5.74) is 5.62. The standard InChI is InChI=1S/C16H28N2O/c1-10(18-17)11-8-12(15(2,3)4)14(19)13(9-11)16(5,6)7/h8-10,18-19H,17H2,1-7H3/t10-/m0/s1. The lowest BCUT2D eigenvalue weighted by Gasteiger charge is -2.29. The van der Waals surface area contributed by atoms with E-state index in [4.69, 9.17) is 5.84 Å². The number of hydrazine groups is 1. The third-order valence-electron chi connectivity index (χ3n) is 3.50. The Hall–Kier alpha value is -1.06. The van der Waals surface area contributed by atoms with Crippen molar-refractivity contribution in [2.75, 3.05) is 0 Å². The zero-order valence-electron chi connectivity index (χ0n) is 13.3. The molecule has 1 aromatic rings. The first-order valence-corrected chi connectivity index (χ1v) is 6.82. The molecule has 0 unspecified atom stereocenters. The van der Waals surface area contributed by atoms with E-state index in [9.17, 15) is 5.11 Å². The maximum atomic E-state index is 10.6. The van der Waals surface area contributed by atoms with Crippen LogP contribution in [0, 0.1) is 0 Å². The summed E-state index contributed by atoms with van der Waals surface area (Å²) in [5, 5.41) is 10.6. The van der Waals surface area contributed by atoms with Gasteiger partial charge in [-0.3, -0.25) is 11.3 Å². The number of hydrogen-bond donors (Lipinski definition) is 3. The van der Waals surface area contributed by atoms with Gasteiger partial charge < -0.3 is 5.11 Å². The van der Waals surface area contributed by atoms with Crippen LogP contribution in [0.25, 0.3) is 0 Å². The SMILES string of the molecule is C[C@H](NN)c1cc(C(C)(C)C)c(O)c(C(C)(C)C)c1. The van der Waals surface area contributed by atoms with Gasteiger partial charge in [-0.25, -0.2) is 0 Å². The number of phenols is 1. The van der Waals surface area contributed by atoms with Gasteiger partial charge in [0.2, 0.25) is 0 Å². The summed E-state index contributed by atoms with van der Waals surface area (Å²) < 4.78 is 0. The van der Waals surface area contributed by atoms with E-state index in [1.807, 2.05) is 6.92 Å².